The van der Waals surface area contributed by atoms with E-state index in [9.17, 15) is 13.2 Å². The van der Waals surface area contributed by atoms with Crippen LogP contribution in [0.25, 0.3) is 0 Å². The predicted molar refractivity (Wildman–Crippen MR) is 111 cm³/mol. The molecule has 0 saturated carbocycles. The lowest BCUT2D eigenvalue weighted by atomic mass is 10.0. The van der Waals surface area contributed by atoms with Gasteiger partial charge in [0.05, 0.1) is 10.6 Å². The van der Waals surface area contributed by atoms with Crippen LogP contribution in [-0.4, -0.2) is 52.5 Å². The van der Waals surface area contributed by atoms with Crippen molar-refractivity contribution < 1.29 is 13.2 Å². The van der Waals surface area contributed by atoms with E-state index in [0.717, 1.165) is 31.5 Å². The van der Waals surface area contributed by atoms with Crippen molar-refractivity contribution in [3.8, 4) is 0 Å². The van der Waals surface area contributed by atoms with Gasteiger partial charge in [-0.25, -0.2) is 8.42 Å². The summed E-state index contributed by atoms with van der Waals surface area (Å²) >= 11 is 0. The number of benzene rings is 2. The third kappa shape index (κ3) is 4.54. The molecule has 1 saturated heterocycles. The lowest BCUT2D eigenvalue weighted by Gasteiger charge is -2.29. The van der Waals surface area contributed by atoms with Crippen molar-refractivity contribution in [2.24, 2.45) is 0 Å². The summed E-state index contributed by atoms with van der Waals surface area (Å²) in [6, 6.07) is 13.6. The maximum atomic E-state index is 12.8. The monoisotopic (exact) mass is 401 g/mol. The Bertz CT molecular complexity index is 916. The number of hydrogen-bond donors (Lipinski definition) is 1. The van der Waals surface area contributed by atoms with Crippen molar-refractivity contribution in [2.45, 2.75) is 30.7 Å². The highest BCUT2D eigenvalue weighted by Crippen LogP contribution is 2.23. The number of aryl methyl sites for hydroxylation is 1. The van der Waals surface area contributed by atoms with Crippen LogP contribution in [0.2, 0.25) is 0 Å². The first kappa shape index (κ1) is 20.4. The lowest BCUT2D eigenvalue weighted by Crippen LogP contribution is -2.43. The Morgan fingerprint density at radius 3 is 2.18 bits per heavy atom. The lowest BCUT2D eigenvalue weighted by molar-refractivity contribution is 0.0917. The molecule has 28 heavy (non-hydrogen) atoms. The van der Waals surface area contributed by atoms with Crippen LogP contribution in [0.1, 0.15) is 28.8 Å². The molecule has 6 nitrogen and oxygen atoms in total. The van der Waals surface area contributed by atoms with Gasteiger partial charge >= 0.3 is 0 Å². The van der Waals surface area contributed by atoms with Gasteiger partial charge in [0.15, 0.2) is 0 Å². The van der Waals surface area contributed by atoms with Crippen LogP contribution >= 0.6 is 0 Å². The normalized spacial score (nSPS) is 16.0. The molecule has 3 rings (SSSR count). The maximum Gasteiger partial charge on any atom is 0.264 e. The molecule has 7 heteroatoms. The van der Waals surface area contributed by atoms with E-state index < -0.39 is 10.0 Å². The number of nitrogens with zero attached hydrogens (tertiary/aromatic N) is 2. The summed E-state index contributed by atoms with van der Waals surface area (Å²) in [6.07, 6.45) is 1.88. The van der Waals surface area contributed by atoms with Crippen LogP contribution in [0, 0.1) is 6.92 Å². The number of anilines is 1. The minimum atomic E-state index is -3.64. The molecule has 0 unspecified atom stereocenters. The van der Waals surface area contributed by atoms with Gasteiger partial charge in [-0.15, -0.1) is 0 Å². The van der Waals surface area contributed by atoms with E-state index in [1.165, 1.54) is 11.4 Å². The largest absolute Gasteiger partial charge is 0.349 e. The average molecular weight is 402 g/mol. The van der Waals surface area contributed by atoms with E-state index in [1.807, 2.05) is 6.92 Å². The number of rotatable bonds is 5. The van der Waals surface area contributed by atoms with Gasteiger partial charge in [-0.05, 0) is 76.3 Å². The van der Waals surface area contributed by atoms with E-state index in [4.69, 9.17) is 0 Å². The Morgan fingerprint density at radius 1 is 1.04 bits per heavy atom. The molecule has 1 fully saturated rings. The molecule has 1 amide bonds. The fourth-order valence-corrected chi connectivity index (χ4v) is 4.45. The molecule has 2 aromatic carbocycles. The van der Waals surface area contributed by atoms with Crippen molar-refractivity contribution in [3.05, 3.63) is 59.7 Å². The molecular weight excluding hydrogens is 374 g/mol. The van der Waals surface area contributed by atoms with Crippen molar-refractivity contribution in [3.63, 3.8) is 0 Å². The smallest absolute Gasteiger partial charge is 0.264 e. The summed E-state index contributed by atoms with van der Waals surface area (Å²) in [5.74, 6) is -0.120. The van der Waals surface area contributed by atoms with E-state index in [-0.39, 0.29) is 16.8 Å². The minimum Gasteiger partial charge on any atom is -0.349 e. The molecule has 0 spiro atoms. The highest BCUT2D eigenvalue weighted by Gasteiger charge is 2.22. The molecule has 2 aromatic rings. The molecule has 1 heterocycles. The van der Waals surface area contributed by atoms with Gasteiger partial charge in [-0.3, -0.25) is 9.10 Å². The number of piperidine rings is 1. The number of hydrogen-bond acceptors (Lipinski definition) is 4. The first-order valence-corrected chi connectivity index (χ1v) is 10.9. The van der Waals surface area contributed by atoms with Gasteiger partial charge < -0.3 is 10.2 Å². The highest BCUT2D eigenvalue weighted by molar-refractivity contribution is 7.92. The molecule has 0 bridgehead atoms. The van der Waals surface area contributed by atoms with Crippen LogP contribution in [0.3, 0.4) is 0 Å². The zero-order chi connectivity index (χ0) is 20.3. The van der Waals surface area contributed by atoms with Gasteiger partial charge in [0.1, 0.15) is 0 Å². The second kappa shape index (κ2) is 8.32. The standard InChI is InChI=1S/C21H27N3O3S/c1-16-4-10-20(11-5-16)28(26,27)24(3)19-8-6-17(7-9-19)21(25)22-18-12-14-23(2)15-13-18/h4-11,18H,12-15H2,1-3H3,(H,22,25). The summed E-state index contributed by atoms with van der Waals surface area (Å²) in [4.78, 5) is 15.0. The van der Waals surface area contributed by atoms with Crippen LogP contribution in [0.5, 0.6) is 0 Å². The van der Waals surface area contributed by atoms with E-state index in [1.54, 1.807) is 48.5 Å². The Hall–Kier alpha value is -2.38. The van der Waals surface area contributed by atoms with Crippen LogP contribution in [0.15, 0.2) is 53.4 Å². The number of carbonyl (C=O) groups is 1. The van der Waals surface area contributed by atoms with Gasteiger partial charge in [0.25, 0.3) is 15.9 Å². The number of amides is 1. The molecule has 150 valence electrons. The van der Waals surface area contributed by atoms with E-state index in [2.05, 4.69) is 17.3 Å². The Kier molecular flexibility index (Phi) is 6.05. The van der Waals surface area contributed by atoms with Gasteiger partial charge in [-0.1, -0.05) is 17.7 Å². The second-order valence-electron chi connectivity index (χ2n) is 7.38. The molecule has 0 aromatic heterocycles. The first-order chi connectivity index (χ1) is 13.3. The molecule has 0 atom stereocenters. The SMILES string of the molecule is Cc1ccc(S(=O)(=O)N(C)c2ccc(C(=O)NC3CCN(C)CC3)cc2)cc1. The third-order valence-electron chi connectivity index (χ3n) is 5.23. The number of carbonyl (C=O) groups excluding carboxylic acids is 1. The molecule has 1 aliphatic rings. The summed E-state index contributed by atoms with van der Waals surface area (Å²) in [6.45, 7) is 3.87. The quantitative estimate of drug-likeness (QED) is 0.836. The fourth-order valence-electron chi connectivity index (χ4n) is 3.25. The van der Waals surface area contributed by atoms with Crippen LogP contribution in [-0.2, 0) is 10.0 Å². The molecule has 0 aliphatic carbocycles. The van der Waals surface area contributed by atoms with E-state index >= 15 is 0 Å². The van der Waals surface area contributed by atoms with Crippen LogP contribution < -0.4 is 9.62 Å². The topological polar surface area (TPSA) is 69.7 Å². The molecule has 0 radical (unpaired) electrons. The number of nitrogens with one attached hydrogen (secondary N) is 1. The van der Waals surface area contributed by atoms with Crippen molar-refractivity contribution in [1.29, 1.82) is 0 Å². The highest BCUT2D eigenvalue weighted by atomic mass is 32.2. The Balaban J connectivity index is 1.69. The molecular formula is C21H27N3O3S. The summed E-state index contributed by atoms with van der Waals surface area (Å²) < 4.78 is 26.8. The van der Waals surface area contributed by atoms with Crippen molar-refractivity contribution in [1.82, 2.24) is 10.2 Å². The summed E-state index contributed by atoms with van der Waals surface area (Å²) in [5.41, 5.74) is 2.04. The second-order valence-corrected chi connectivity index (χ2v) is 9.35. The van der Waals surface area contributed by atoms with Gasteiger partial charge in [-0.2, -0.15) is 0 Å². The zero-order valence-electron chi connectivity index (χ0n) is 16.6. The molecule has 1 aliphatic heterocycles. The van der Waals surface area contributed by atoms with Gasteiger partial charge in [0.2, 0.25) is 0 Å². The average Bonchev–Trinajstić information content (AvgIpc) is 2.69. The van der Waals surface area contributed by atoms with Crippen LogP contribution in [0.4, 0.5) is 5.69 Å². The van der Waals surface area contributed by atoms with E-state index in [0.29, 0.717) is 11.3 Å². The minimum absolute atomic E-state index is 0.120. The predicted octanol–water partition coefficient (Wildman–Crippen LogP) is 2.64. The Morgan fingerprint density at radius 2 is 1.61 bits per heavy atom. The van der Waals surface area contributed by atoms with Crippen molar-refractivity contribution >= 4 is 21.6 Å². The first-order valence-electron chi connectivity index (χ1n) is 9.42. The number of sulfonamides is 1. The van der Waals surface area contributed by atoms with Crippen molar-refractivity contribution in [2.75, 3.05) is 31.5 Å². The maximum absolute atomic E-state index is 12.8. The Labute approximate surface area is 167 Å². The zero-order valence-corrected chi connectivity index (χ0v) is 17.4. The summed E-state index contributed by atoms with van der Waals surface area (Å²) in [7, 11) is -0.0438. The third-order valence-corrected chi connectivity index (χ3v) is 7.03. The number of likely N-dealkylation sites (tertiary alicyclic amines) is 1. The fraction of sp³-hybridized carbons (Fsp3) is 0.381. The summed E-state index contributed by atoms with van der Waals surface area (Å²) in [5, 5.41) is 3.07. The molecule has 1 N–H and O–H groups in total. The van der Waals surface area contributed by atoms with Gasteiger partial charge in [0, 0.05) is 18.7 Å².